The molecule has 1 aromatic heterocycles. The van der Waals surface area contributed by atoms with Gasteiger partial charge in [-0.1, -0.05) is 12.7 Å². The van der Waals surface area contributed by atoms with Gasteiger partial charge in [-0.15, -0.1) is 0 Å². The molecule has 4 nitrogen and oxygen atoms in total. The first kappa shape index (κ1) is 13.8. The molecule has 19 heavy (non-hydrogen) atoms. The van der Waals surface area contributed by atoms with Gasteiger partial charge >= 0.3 is 7.12 Å². The molecular weight excluding hydrogens is 239 g/mol. The molecule has 0 spiro atoms. The van der Waals surface area contributed by atoms with E-state index in [2.05, 4.69) is 17.6 Å². The molecular formula is C14H17BN2O2. The summed E-state index contributed by atoms with van der Waals surface area (Å²) < 4.78 is 12.0. The van der Waals surface area contributed by atoms with Crippen molar-refractivity contribution in [3.63, 3.8) is 0 Å². The molecule has 0 amide bonds. The Kier molecular flexibility index (Phi) is 3.25. The van der Waals surface area contributed by atoms with Gasteiger partial charge in [0.15, 0.2) is 0 Å². The van der Waals surface area contributed by atoms with E-state index in [0.717, 1.165) is 5.46 Å². The highest BCUT2D eigenvalue weighted by Crippen LogP contribution is 2.36. The van der Waals surface area contributed by atoms with Crippen molar-refractivity contribution < 1.29 is 9.31 Å². The molecule has 1 saturated heterocycles. The van der Waals surface area contributed by atoms with Gasteiger partial charge in [-0.05, 0) is 39.2 Å². The highest BCUT2D eigenvalue weighted by Gasteiger charge is 2.52. The van der Waals surface area contributed by atoms with E-state index in [1.54, 1.807) is 18.3 Å². The van der Waals surface area contributed by atoms with Crippen LogP contribution in [0, 0.1) is 11.3 Å². The number of aromatic nitrogens is 1. The number of hydrogen-bond acceptors (Lipinski definition) is 4. The molecule has 5 heteroatoms. The van der Waals surface area contributed by atoms with E-state index in [1.165, 1.54) is 0 Å². The molecule has 0 aromatic carbocycles. The summed E-state index contributed by atoms with van der Waals surface area (Å²) in [6.07, 6.45) is 3.21. The standard InChI is InChI=1S/C14H17BN2O2/c1-6-10-11(7-8-17-12(10)9-16)15-18-13(2,3)14(4,5)19-15/h6-8H,1H2,2-5H3. The second-order valence-electron chi connectivity index (χ2n) is 5.57. The van der Waals surface area contributed by atoms with E-state index < -0.39 is 18.3 Å². The van der Waals surface area contributed by atoms with Crippen LogP contribution in [-0.4, -0.2) is 23.3 Å². The lowest BCUT2D eigenvalue weighted by Crippen LogP contribution is -2.41. The van der Waals surface area contributed by atoms with Crippen LogP contribution in [0.3, 0.4) is 0 Å². The zero-order chi connectivity index (χ0) is 14.3. The first-order valence-corrected chi connectivity index (χ1v) is 6.19. The zero-order valence-electron chi connectivity index (χ0n) is 11.7. The van der Waals surface area contributed by atoms with E-state index >= 15 is 0 Å². The van der Waals surface area contributed by atoms with Crippen LogP contribution >= 0.6 is 0 Å². The zero-order valence-corrected chi connectivity index (χ0v) is 11.7. The Morgan fingerprint density at radius 3 is 2.37 bits per heavy atom. The molecule has 1 fully saturated rings. The van der Waals surface area contributed by atoms with Gasteiger partial charge in [0.2, 0.25) is 0 Å². The minimum absolute atomic E-state index is 0.335. The van der Waals surface area contributed by atoms with Crippen LogP contribution in [0.4, 0.5) is 0 Å². The number of hydrogen-bond donors (Lipinski definition) is 0. The second kappa shape index (κ2) is 4.48. The van der Waals surface area contributed by atoms with Crippen molar-refractivity contribution in [3.8, 4) is 6.07 Å². The predicted molar refractivity (Wildman–Crippen MR) is 74.8 cm³/mol. The molecule has 0 saturated carbocycles. The summed E-state index contributed by atoms with van der Waals surface area (Å²) in [5, 5.41) is 9.08. The van der Waals surface area contributed by atoms with E-state index in [9.17, 15) is 0 Å². The molecule has 2 rings (SSSR count). The Hall–Kier alpha value is -1.64. The summed E-state index contributed by atoms with van der Waals surface area (Å²) in [5.74, 6) is 0. The summed E-state index contributed by atoms with van der Waals surface area (Å²) in [5.41, 5.74) is 0.976. The van der Waals surface area contributed by atoms with Crippen molar-refractivity contribution in [3.05, 3.63) is 30.1 Å². The van der Waals surface area contributed by atoms with Crippen LogP contribution in [0.15, 0.2) is 18.8 Å². The maximum atomic E-state index is 9.08. The third-order valence-electron chi connectivity index (χ3n) is 3.84. The fourth-order valence-corrected chi connectivity index (χ4v) is 1.97. The topological polar surface area (TPSA) is 55.1 Å². The summed E-state index contributed by atoms with van der Waals surface area (Å²) in [4.78, 5) is 4.03. The lowest BCUT2D eigenvalue weighted by atomic mass is 9.76. The number of pyridine rings is 1. The van der Waals surface area contributed by atoms with Gasteiger partial charge in [-0.3, -0.25) is 0 Å². The Bertz CT molecular complexity index is 545. The Balaban J connectivity index is 2.46. The summed E-state index contributed by atoms with van der Waals surface area (Å²) in [6, 6.07) is 3.86. The molecule has 0 radical (unpaired) electrons. The number of rotatable bonds is 2. The fraction of sp³-hybridized carbons (Fsp3) is 0.429. The van der Waals surface area contributed by atoms with Crippen LogP contribution in [-0.2, 0) is 9.31 Å². The third kappa shape index (κ3) is 2.18. The lowest BCUT2D eigenvalue weighted by molar-refractivity contribution is 0.00578. The van der Waals surface area contributed by atoms with Gasteiger partial charge in [-0.2, -0.15) is 5.26 Å². The van der Waals surface area contributed by atoms with Gasteiger partial charge < -0.3 is 9.31 Å². The van der Waals surface area contributed by atoms with Gasteiger partial charge in [0, 0.05) is 11.8 Å². The molecule has 2 heterocycles. The molecule has 1 aliphatic rings. The largest absolute Gasteiger partial charge is 0.495 e. The molecule has 0 unspecified atom stereocenters. The monoisotopic (exact) mass is 256 g/mol. The minimum atomic E-state index is -0.506. The second-order valence-corrected chi connectivity index (χ2v) is 5.57. The maximum Gasteiger partial charge on any atom is 0.495 e. The summed E-state index contributed by atoms with van der Waals surface area (Å²) in [7, 11) is -0.506. The molecule has 1 aliphatic heterocycles. The first-order chi connectivity index (χ1) is 8.82. The van der Waals surface area contributed by atoms with Crippen LogP contribution in [0.5, 0.6) is 0 Å². The van der Waals surface area contributed by atoms with Crippen molar-refractivity contribution in [2.75, 3.05) is 0 Å². The normalized spacial score (nSPS) is 20.1. The highest BCUT2D eigenvalue weighted by atomic mass is 16.7. The predicted octanol–water partition coefficient (Wildman–Crippen LogP) is 1.90. The van der Waals surface area contributed by atoms with Crippen molar-refractivity contribution in [1.29, 1.82) is 5.26 Å². The van der Waals surface area contributed by atoms with Crippen molar-refractivity contribution in [1.82, 2.24) is 4.98 Å². The van der Waals surface area contributed by atoms with Gasteiger partial charge in [0.05, 0.1) is 11.2 Å². The van der Waals surface area contributed by atoms with E-state index in [4.69, 9.17) is 14.6 Å². The Morgan fingerprint density at radius 2 is 1.89 bits per heavy atom. The fourth-order valence-electron chi connectivity index (χ4n) is 1.97. The molecule has 98 valence electrons. The minimum Gasteiger partial charge on any atom is -0.399 e. The van der Waals surface area contributed by atoms with Crippen molar-refractivity contribution in [2.24, 2.45) is 0 Å². The van der Waals surface area contributed by atoms with Crippen molar-refractivity contribution >= 4 is 18.7 Å². The quantitative estimate of drug-likeness (QED) is 0.758. The van der Waals surface area contributed by atoms with Crippen LogP contribution in [0.1, 0.15) is 39.0 Å². The smallest absolute Gasteiger partial charge is 0.399 e. The lowest BCUT2D eigenvalue weighted by Gasteiger charge is -2.32. The van der Waals surface area contributed by atoms with Gasteiger partial charge in [0.25, 0.3) is 0 Å². The van der Waals surface area contributed by atoms with Gasteiger partial charge in [-0.25, -0.2) is 4.98 Å². The van der Waals surface area contributed by atoms with Gasteiger partial charge in [0.1, 0.15) is 11.8 Å². The number of nitrogens with zero attached hydrogens (tertiary/aromatic N) is 2. The maximum absolute atomic E-state index is 9.08. The SMILES string of the molecule is C=Cc1c(B2OC(C)(C)C(C)(C)O2)ccnc1C#N. The van der Waals surface area contributed by atoms with Crippen LogP contribution in [0.2, 0.25) is 0 Å². The molecule has 1 aromatic rings. The van der Waals surface area contributed by atoms with E-state index in [0.29, 0.717) is 11.3 Å². The summed E-state index contributed by atoms with van der Waals surface area (Å²) in [6.45, 7) is 11.7. The Morgan fingerprint density at radius 1 is 1.32 bits per heavy atom. The average Bonchev–Trinajstić information content (AvgIpc) is 2.57. The first-order valence-electron chi connectivity index (χ1n) is 6.19. The van der Waals surface area contributed by atoms with Crippen LogP contribution in [0.25, 0.3) is 6.08 Å². The average molecular weight is 256 g/mol. The van der Waals surface area contributed by atoms with E-state index in [-0.39, 0.29) is 0 Å². The van der Waals surface area contributed by atoms with Crippen LogP contribution < -0.4 is 5.46 Å². The summed E-state index contributed by atoms with van der Waals surface area (Å²) >= 11 is 0. The molecule has 0 atom stereocenters. The molecule has 0 aliphatic carbocycles. The molecule has 0 bridgehead atoms. The third-order valence-corrected chi connectivity index (χ3v) is 3.84. The van der Waals surface area contributed by atoms with Crippen molar-refractivity contribution in [2.45, 2.75) is 38.9 Å². The van der Waals surface area contributed by atoms with E-state index in [1.807, 2.05) is 27.7 Å². The Labute approximate surface area is 114 Å². The number of nitriles is 1. The highest BCUT2D eigenvalue weighted by molar-refractivity contribution is 6.63. The molecule has 0 N–H and O–H groups in total.